The molecule has 0 aromatic carbocycles. The number of hydrogen-bond acceptors (Lipinski definition) is 2. The molecule has 0 saturated heterocycles. The molecule has 0 aliphatic carbocycles. The Morgan fingerprint density at radius 2 is 2.30 bits per heavy atom. The van der Waals surface area contributed by atoms with E-state index in [2.05, 4.69) is 18.8 Å². The van der Waals surface area contributed by atoms with Gasteiger partial charge < -0.3 is 4.74 Å². The monoisotopic (exact) mass is 141 g/mol. The van der Waals surface area contributed by atoms with Gasteiger partial charge in [-0.1, -0.05) is 13.8 Å². The number of rotatable bonds is 2. The highest BCUT2D eigenvalue weighted by Gasteiger charge is 2.16. The summed E-state index contributed by atoms with van der Waals surface area (Å²) in [6.07, 6.45) is 3.28. The van der Waals surface area contributed by atoms with E-state index in [4.69, 9.17) is 4.74 Å². The zero-order valence-electron chi connectivity index (χ0n) is 6.87. The SMILES string of the molecule is CC(C)CC1N=CC(C)O1. The van der Waals surface area contributed by atoms with Gasteiger partial charge >= 0.3 is 0 Å². The zero-order chi connectivity index (χ0) is 7.56. The van der Waals surface area contributed by atoms with Crippen LogP contribution in [0.4, 0.5) is 0 Å². The van der Waals surface area contributed by atoms with Crippen LogP contribution in [0.1, 0.15) is 27.2 Å². The summed E-state index contributed by atoms with van der Waals surface area (Å²) in [7, 11) is 0. The first-order valence-electron chi connectivity index (χ1n) is 3.87. The van der Waals surface area contributed by atoms with E-state index in [9.17, 15) is 0 Å². The van der Waals surface area contributed by atoms with Gasteiger partial charge in [0.25, 0.3) is 0 Å². The molecule has 0 aromatic heterocycles. The van der Waals surface area contributed by atoms with E-state index in [0.29, 0.717) is 5.92 Å². The highest BCUT2D eigenvalue weighted by Crippen LogP contribution is 2.14. The molecular weight excluding hydrogens is 126 g/mol. The second kappa shape index (κ2) is 3.15. The standard InChI is InChI=1S/C8H15NO/c1-6(2)4-8-9-5-7(3)10-8/h5-8H,4H2,1-3H3. The molecule has 0 N–H and O–H groups in total. The van der Waals surface area contributed by atoms with Crippen molar-refractivity contribution < 1.29 is 4.74 Å². The molecule has 58 valence electrons. The molecule has 0 spiro atoms. The predicted octanol–water partition coefficient (Wildman–Crippen LogP) is 1.85. The topological polar surface area (TPSA) is 21.6 Å². The van der Waals surface area contributed by atoms with Gasteiger partial charge in [-0.3, -0.25) is 4.99 Å². The maximum atomic E-state index is 5.45. The molecule has 0 saturated carbocycles. The number of nitrogens with zero attached hydrogens (tertiary/aromatic N) is 1. The second-order valence-electron chi connectivity index (χ2n) is 3.22. The molecule has 0 aromatic rings. The fourth-order valence-corrected chi connectivity index (χ4v) is 1.05. The van der Waals surface area contributed by atoms with Crippen molar-refractivity contribution in [1.29, 1.82) is 0 Å². The van der Waals surface area contributed by atoms with Gasteiger partial charge in [-0.2, -0.15) is 0 Å². The van der Waals surface area contributed by atoms with E-state index in [1.54, 1.807) is 0 Å². The van der Waals surface area contributed by atoms with Crippen LogP contribution >= 0.6 is 0 Å². The van der Waals surface area contributed by atoms with Crippen molar-refractivity contribution in [2.75, 3.05) is 0 Å². The molecule has 1 aliphatic rings. The fraction of sp³-hybridized carbons (Fsp3) is 0.875. The van der Waals surface area contributed by atoms with Gasteiger partial charge in [-0.05, 0) is 19.3 Å². The Hall–Kier alpha value is -0.370. The average Bonchev–Trinajstić information content (AvgIpc) is 2.13. The van der Waals surface area contributed by atoms with Gasteiger partial charge in [0.05, 0.1) is 6.10 Å². The van der Waals surface area contributed by atoms with Crippen molar-refractivity contribution in [2.45, 2.75) is 39.5 Å². The zero-order valence-corrected chi connectivity index (χ0v) is 6.87. The fourth-order valence-electron chi connectivity index (χ4n) is 1.05. The lowest BCUT2D eigenvalue weighted by Crippen LogP contribution is -2.12. The summed E-state index contributed by atoms with van der Waals surface area (Å²) in [5.41, 5.74) is 0. The van der Waals surface area contributed by atoms with Crippen LogP contribution in [0.5, 0.6) is 0 Å². The van der Waals surface area contributed by atoms with Gasteiger partial charge in [0, 0.05) is 6.21 Å². The minimum absolute atomic E-state index is 0.134. The van der Waals surface area contributed by atoms with Crippen LogP contribution in [0.3, 0.4) is 0 Å². The summed E-state index contributed by atoms with van der Waals surface area (Å²) >= 11 is 0. The van der Waals surface area contributed by atoms with Crippen LogP contribution in [-0.4, -0.2) is 18.5 Å². The maximum Gasteiger partial charge on any atom is 0.149 e. The van der Waals surface area contributed by atoms with Crippen LogP contribution in [0.15, 0.2) is 4.99 Å². The van der Waals surface area contributed by atoms with Crippen molar-refractivity contribution in [2.24, 2.45) is 10.9 Å². The van der Waals surface area contributed by atoms with E-state index in [1.807, 2.05) is 13.1 Å². The lowest BCUT2D eigenvalue weighted by Gasteiger charge is -2.10. The highest BCUT2D eigenvalue weighted by molar-refractivity contribution is 5.64. The van der Waals surface area contributed by atoms with Crippen molar-refractivity contribution in [3.05, 3.63) is 0 Å². The normalized spacial score (nSPS) is 32.0. The second-order valence-corrected chi connectivity index (χ2v) is 3.22. The van der Waals surface area contributed by atoms with Gasteiger partial charge in [0.1, 0.15) is 6.23 Å². The molecule has 1 heterocycles. The lowest BCUT2D eigenvalue weighted by molar-refractivity contribution is 0.0474. The first-order chi connectivity index (χ1) is 4.68. The smallest absolute Gasteiger partial charge is 0.149 e. The molecule has 2 nitrogen and oxygen atoms in total. The van der Waals surface area contributed by atoms with Crippen LogP contribution in [0.2, 0.25) is 0 Å². The molecule has 10 heavy (non-hydrogen) atoms. The molecule has 0 bridgehead atoms. The molecule has 2 atom stereocenters. The molecule has 2 heteroatoms. The van der Waals surface area contributed by atoms with Crippen LogP contribution < -0.4 is 0 Å². The summed E-state index contributed by atoms with van der Waals surface area (Å²) in [5.74, 6) is 0.674. The summed E-state index contributed by atoms with van der Waals surface area (Å²) < 4.78 is 5.45. The number of ether oxygens (including phenoxy) is 1. The molecular formula is C8H15NO. The Bertz CT molecular complexity index is 131. The number of hydrogen-bond donors (Lipinski definition) is 0. The third-order valence-corrected chi connectivity index (χ3v) is 1.51. The summed E-state index contributed by atoms with van der Waals surface area (Å²) in [4.78, 5) is 4.21. The average molecular weight is 141 g/mol. The summed E-state index contributed by atoms with van der Waals surface area (Å²) in [6.45, 7) is 6.38. The van der Waals surface area contributed by atoms with Gasteiger partial charge in [-0.15, -0.1) is 0 Å². The van der Waals surface area contributed by atoms with Crippen molar-refractivity contribution in [1.82, 2.24) is 0 Å². The van der Waals surface area contributed by atoms with Gasteiger partial charge in [0.2, 0.25) is 0 Å². The van der Waals surface area contributed by atoms with Crippen LogP contribution in [0.25, 0.3) is 0 Å². The van der Waals surface area contributed by atoms with Crippen molar-refractivity contribution >= 4 is 6.21 Å². The largest absolute Gasteiger partial charge is 0.348 e. The third kappa shape index (κ3) is 2.10. The Kier molecular flexibility index (Phi) is 2.44. The van der Waals surface area contributed by atoms with E-state index < -0.39 is 0 Å². The third-order valence-electron chi connectivity index (χ3n) is 1.51. The molecule has 0 radical (unpaired) electrons. The quantitative estimate of drug-likeness (QED) is 0.575. The van der Waals surface area contributed by atoms with E-state index in [1.165, 1.54) is 0 Å². The van der Waals surface area contributed by atoms with Crippen LogP contribution in [0, 0.1) is 5.92 Å². The Labute approximate surface area is 62.3 Å². The Morgan fingerprint density at radius 1 is 1.60 bits per heavy atom. The molecule has 1 rings (SSSR count). The van der Waals surface area contributed by atoms with E-state index in [-0.39, 0.29) is 12.3 Å². The van der Waals surface area contributed by atoms with Crippen molar-refractivity contribution in [3.8, 4) is 0 Å². The molecule has 0 amide bonds. The van der Waals surface area contributed by atoms with Gasteiger partial charge in [-0.25, -0.2) is 0 Å². The molecule has 1 aliphatic heterocycles. The Balaban J connectivity index is 2.26. The van der Waals surface area contributed by atoms with E-state index >= 15 is 0 Å². The first kappa shape index (κ1) is 7.73. The highest BCUT2D eigenvalue weighted by atomic mass is 16.5. The van der Waals surface area contributed by atoms with E-state index in [0.717, 1.165) is 6.42 Å². The Morgan fingerprint density at radius 3 is 2.70 bits per heavy atom. The molecule has 2 unspecified atom stereocenters. The molecule has 0 fully saturated rings. The maximum absolute atomic E-state index is 5.45. The predicted molar refractivity (Wildman–Crippen MR) is 42.3 cm³/mol. The minimum atomic E-state index is 0.134. The minimum Gasteiger partial charge on any atom is -0.348 e. The van der Waals surface area contributed by atoms with Gasteiger partial charge in [0.15, 0.2) is 0 Å². The number of aliphatic imine (C=N–C) groups is 1. The van der Waals surface area contributed by atoms with Crippen LogP contribution in [-0.2, 0) is 4.74 Å². The first-order valence-corrected chi connectivity index (χ1v) is 3.87. The summed E-state index contributed by atoms with van der Waals surface area (Å²) in [6, 6.07) is 0. The lowest BCUT2D eigenvalue weighted by atomic mass is 10.1. The summed E-state index contributed by atoms with van der Waals surface area (Å²) in [5, 5.41) is 0. The van der Waals surface area contributed by atoms with Crippen molar-refractivity contribution in [3.63, 3.8) is 0 Å².